The van der Waals surface area contributed by atoms with Gasteiger partial charge in [0, 0.05) is 19.3 Å². The molecule has 1 aliphatic heterocycles. The average molecular weight is 226 g/mol. The highest BCUT2D eigenvalue weighted by molar-refractivity contribution is 6.33. The summed E-state index contributed by atoms with van der Waals surface area (Å²) in [7, 11) is 0. The first kappa shape index (κ1) is 10.8. The molecule has 0 saturated carbocycles. The summed E-state index contributed by atoms with van der Waals surface area (Å²) in [6.07, 6.45) is 2.12. The molecule has 0 aromatic heterocycles. The first-order chi connectivity index (χ1) is 7.25. The number of hydrogen-bond donors (Lipinski definition) is 1. The molecule has 0 amide bonds. The highest BCUT2D eigenvalue weighted by Crippen LogP contribution is 2.25. The maximum atomic E-state index is 6.12. The van der Waals surface area contributed by atoms with E-state index in [1.54, 1.807) is 0 Å². The average Bonchev–Trinajstić information content (AvgIpc) is 2.25. The zero-order chi connectivity index (χ0) is 10.7. The van der Waals surface area contributed by atoms with Gasteiger partial charge in [-0.3, -0.25) is 0 Å². The van der Waals surface area contributed by atoms with Crippen molar-refractivity contribution in [3.63, 3.8) is 0 Å². The van der Waals surface area contributed by atoms with Crippen LogP contribution in [-0.2, 0) is 4.74 Å². The van der Waals surface area contributed by atoms with E-state index in [0.717, 1.165) is 36.8 Å². The molecule has 0 aliphatic carbocycles. The third kappa shape index (κ3) is 2.86. The van der Waals surface area contributed by atoms with Crippen molar-refractivity contribution in [3.8, 4) is 0 Å². The predicted molar refractivity (Wildman–Crippen MR) is 63.7 cm³/mol. The van der Waals surface area contributed by atoms with Gasteiger partial charge in [0.05, 0.1) is 10.7 Å². The Balaban J connectivity index is 2.05. The van der Waals surface area contributed by atoms with E-state index in [-0.39, 0.29) is 0 Å². The summed E-state index contributed by atoms with van der Waals surface area (Å²) in [6.45, 7) is 3.77. The summed E-state index contributed by atoms with van der Waals surface area (Å²) in [5.74, 6) is 0. The quantitative estimate of drug-likeness (QED) is 0.835. The first-order valence-corrected chi connectivity index (χ1v) is 5.74. The van der Waals surface area contributed by atoms with Gasteiger partial charge in [0.15, 0.2) is 0 Å². The van der Waals surface area contributed by atoms with E-state index in [1.807, 2.05) is 12.1 Å². The van der Waals surface area contributed by atoms with Crippen LogP contribution in [0.3, 0.4) is 0 Å². The summed E-state index contributed by atoms with van der Waals surface area (Å²) in [4.78, 5) is 0. The molecule has 1 fully saturated rings. The third-order valence-electron chi connectivity index (χ3n) is 2.70. The molecule has 0 radical (unpaired) electrons. The van der Waals surface area contributed by atoms with Crippen molar-refractivity contribution < 1.29 is 4.74 Å². The molecule has 15 heavy (non-hydrogen) atoms. The van der Waals surface area contributed by atoms with Gasteiger partial charge in [-0.05, 0) is 37.5 Å². The van der Waals surface area contributed by atoms with Crippen molar-refractivity contribution >= 4 is 17.3 Å². The minimum atomic E-state index is 0.498. The van der Waals surface area contributed by atoms with Crippen LogP contribution in [0.5, 0.6) is 0 Å². The number of benzene rings is 1. The number of anilines is 1. The Morgan fingerprint density at radius 3 is 2.80 bits per heavy atom. The van der Waals surface area contributed by atoms with Gasteiger partial charge in [-0.25, -0.2) is 0 Å². The van der Waals surface area contributed by atoms with Crippen LogP contribution in [0.2, 0.25) is 5.02 Å². The van der Waals surface area contributed by atoms with Crippen molar-refractivity contribution in [1.82, 2.24) is 0 Å². The highest BCUT2D eigenvalue weighted by atomic mass is 35.5. The van der Waals surface area contributed by atoms with Gasteiger partial charge < -0.3 is 10.1 Å². The van der Waals surface area contributed by atoms with E-state index in [9.17, 15) is 0 Å². The normalized spacial score (nSPS) is 17.7. The van der Waals surface area contributed by atoms with Gasteiger partial charge >= 0.3 is 0 Å². The Kier molecular flexibility index (Phi) is 3.49. The van der Waals surface area contributed by atoms with Crippen LogP contribution in [0, 0.1) is 6.92 Å². The summed E-state index contributed by atoms with van der Waals surface area (Å²) in [5, 5.41) is 4.28. The Labute approximate surface area is 95.6 Å². The molecule has 3 heteroatoms. The molecule has 2 rings (SSSR count). The summed E-state index contributed by atoms with van der Waals surface area (Å²) in [6, 6.07) is 6.56. The minimum Gasteiger partial charge on any atom is -0.381 e. The lowest BCUT2D eigenvalue weighted by Gasteiger charge is -2.24. The van der Waals surface area contributed by atoms with Crippen LogP contribution < -0.4 is 5.32 Å². The fraction of sp³-hybridized carbons (Fsp3) is 0.500. The van der Waals surface area contributed by atoms with Gasteiger partial charge in [0.1, 0.15) is 0 Å². The van der Waals surface area contributed by atoms with Crippen LogP contribution in [0.15, 0.2) is 18.2 Å². The zero-order valence-corrected chi connectivity index (χ0v) is 9.68. The molecule has 2 nitrogen and oxygen atoms in total. The topological polar surface area (TPSA) is 21.3 Å². The van der Waals surface area contributed by atoms with Gasteiger partial charge in [-0.2, -0.15) is 0 Å². The molecule has 1 N–H and O–H groups in total. The Morgan fingerprint density at radius 1 is 1.33 bits per heavy atom. The molecule has 1 saturated heterocycles. The number of ether oxygens (including phenoxy) is 1. The number of halogens is 1. The predicted octanol–water partition coefficient (Wildman–Crippen LogP) is 3.24. The fourth-order valence-electron chi connectivity index (χ4n) is 1.81. The van der Waals surface area contributed by atoms with Crippen LogP contribution >= 0.6 is 11.6 Å². The monoisotopic (exact) mass is 225 g/mol. The summed E-state index contributed by atoms with van der Waals surface area (Å²) >= 11 is 6.12. The summed E-state index contributed by atoms with van der Waals surface area (Å²) in [5.41, 5.74) is 2.28. The molecule has 0 bridgehead atoms. The molecule has 1 aromatic carbocycles. The lowest BCUT2D eigenvalue weighted by atomic mass is 10.1. The molecular formula is C12H16ClNO. The molecular weight excluding hydrogens is 210 g/mol. The van der Waals surface area contributed by atoms with Crippen molar-refractivity contribution in [1.29, 1.82) is 0 Å². The van der Waals surface area contributed by atoms with Gasteiger partial charge in [-0.15, -0.1) is 0 Å². The van der Waals surface area contributed by atoms with E-state index < -0.39 is 0 Å². The maximum Gasteiger partial charge on any atom is 0.0637 e. The SMILES string of the molecule is Cc1ccc(Cl)c(NC2CCOCC2)c1. The first-order valence-electron chi connectivity index (χ1n) is 5.36. The Morgan fingerprint density at radius 2 is 2.07 bits per heavy atom. The number of hydrogen-bond acceptors (Lipinski definition) is 2. The minimum absolute atomic E-state index is 0.498. The van der Waals surface area contributed by atoms with Crippen molar-refractivity contribution in [2.45, 2.75) is 25.8 Å². The number of rotatable bonds is 2. The van der Waals surface area contributed by atoms with E-state index in [0.29, 0.717) is 6.04 Å². The standard InChI is InChI=1S/C12H16ClNO/c1-9-2-3-11(13)12(8-9)14-10-4-6-15-7-5-10/h2-3,8,10,14H,4-7H2,1H3. The summed E-state index contributed by atoms with van der Waals surface area (Å²) < 4.78 is 5.32. The lowest BCUT2D eigenvalue weighted by molar-refractivity contribution is 0.0904. The van der Waals surface area contributed by atoms with Crippen molar-refractivity contribution in [3.05, 3.63) is 28.8 Å². The molecule has 82 valence electrons. The highest BCUT2D eigenvalue weighted by Gasteiger charge is 2.14. The van der Waals surface area contributed by atoms with Gasteiger partial charge in [-0.1, -0.05) is 17.7 Å². The second-order valence-electron chi connectivity index (χ2n) is 4.01. The molecule has 1 heterocycles. The Bertz CT molecular complexity index is 334. The molecule has 0 unspecified atom stereocenters. The number of nitrogens with one attached hydrogen (secondary N) is 1. The van der Waals surface area contributed by atoms with Gasteiger partial charge in [0.2, 0.25) is 0 Å². The van der Waals surface area contributed by atoms with Crippen LogP contribution in [-0.4, -0.2) is 19.3 Å². The largest absolute Gasteiger partial charge is 0.381 e. The van der Waals surface area contributed by atoms with Crippen LogP contribution in [0.25, 0.3) is 0 Å². The second-order valence-corrected chi connectivity index (χ2v) is 4.42. The third-order valence-corrected chi connectivity index (χ3v) is 3.03. The van der Waals surface area contributed by atoms with Crippen molar-refractivity contribution in [2.75, 3.05) is 18.5 Å². The van der Waals surface area contributed by atoms with Gasteiger partial charge in [0.25, 0.3) is 0 Å². The zero-order valence-electron chi connectivity index (χ0n) is 8.92. The van der Waals surface area contributed by atoms with Crippen LogP contribution in [0.1, 0.15) is 18.4 Å². The molecule has 0 atom stereocenters. The maximum absolute atomic E-state index is 6.12. The van der Waals surface area contributed by atoms with E-state index >= 15 is 0 Å². The molecule has 0 spiro atoms. The second kappa shape index (κ2) is 4.86. The Hall–Kier alpha value is -0.730. The lowest BCUT2D eigenvalue weighted by Crippen LogP contribution is -2.27. The van der Waals surface area contributed by atoms with E-state index in [2.05, 4.69) is 18.3 Å². The van der Waals surface area contributed by atoms with Crippen LogP contribution in [0.4, 0.5) is 5.69 Å². The fourth-order valence-corrected chi connectivity index (χ4v) is 1.98. The molecule has 1 aliphatic rings. The number of aryl methyl sites for hydroxylation is 1. The van der Waals surface area contributed by atoms with E-state index in [4.69, 9.17) is 16.3 Å². The smallest absolute Gasteiger partial charge is 0.0637 e. The van der Waals surface area contributed by atoms with E-state index in [1.165, 1.54) is 5.56 Å². The van der Waals surface area contributed by atoms with Crippen molar-refractivity contribution in [2.24, 2.45) is 0 Å². The molecule has 1 aromatic rings.